The fourth-order valence-corrected chi connectivity index (χ4v) is 1.72. The lowest BCUT2D eigenvalue weighted by Gasteiger charge is -2.18. The highest BCUT2D eigenvalue weighted by atomic mass is 35.5. The fourth-order valence-electron chi connectivity index (χ4n) is 1.72. The Morgan fingerprint density at radius 1 is 1.07 bits per heavy atom. The third-order valence-corrected chi connectivity index (χ3v) is 2.47. The lowest BCUT2D eigenvalue weighted by Crippen LogP contribution is -2.27. The Bertz CT molecular complexity index is 291. The van der Waals surface area contributed by atoms with Crippen LogP contribution in [0.15, 0.2) is 30.3 Å². The molecule has 1 fully saturated rings. The van der Waals surface area contributed by atoms with Gasteiger partial charge in [0, 0.05) is 18.7 Å². The van der Waals surface area contributed by atoms with Crippen molar-refractivity contribution in [3.63, 3.8) is 0 Å². The molecule has 1 N–H and O–H groups in total. The third-order valence-electron chi connectivity index (χ3n) is 2.47. The zero-order valence-corrected chi connectivity index (χ0v) is 8.89. The Balaban J connectivity index is 0.000000980. The first-order chi connectivity index (χ1) is 6.38. The van der Waals surface area contributed by atoms with Crippen LogP contribution < -0.4 is 0 Å². The summed E-state index contributed by atoms with van der Waals surface area (Å²) in [6, 6.07) is 9.96. The van der Waals surface area contributed by atoms with Crippen molar-refractivity contribution in [2.45, 2.75) is 12.8 Å². The van der Waals surface area contributed by atoms with E-state index in [4.69, 9.17) is 5.41 Å². The molecule has 3 heteroatoms. The van der Waals surface area contributed by atoms with Gasteiger partial charge >= 0.3 is 0 Å². The minimum atomic E-state index is 0. The van der Waals surface area contributed by atoms with E-state index in [-0.39, 0.29) is 12.4 Å². The maximum absolute atomic E-state index is 7.95. The van der Waals surface area contributed by atoms with Crippen molar-refractivity contribution in [2.24, 2.45) is 0 Å². The Morgan fingerprint density at radius 2 is 1.64 bits per heavy atom. The van der Waals surface area contributed by atoms with Crippen molar-refractivity contribution < 1.29 is 0 Å². The molecule has 0 aromatic heterocycles. The zero-order valence-electron chi connectivity index (χ0n) is 8.07. The number of halogens is 1. The number of hydrogen-bond acceptors (Lipinski definition) is 1. The molecule has 14 heavy (non-hydrogen) atoms. The van der Waals surface area contributed by atoms with Crippen LogP contribution in [0.3, 0.4) is 0 Å². The maximum atomic E-state index is 7.95. The fraction of sp³-hybridized carbons (Fsp3) is 0.364. The molecular weight excluding hydrogens is 196 g/mol. The van der Waals surface area contributed by atoms with E-state index in [0.29, 0.717) is 5.84 Å². The molecule has 1 aliphatic heterocycles. The molecule has 0 atom stereocenters. The van der Waals surface area contributed by atoms with Gasteiger partial charge in [-0.1, -0.05) is 30.3 Å². The van der Waals surface area contributed by atoms with Crippen LogP contribution in [-0.2, 0) is 0 Å². The highest BCUT2D eigenvalue weighted by Gasteiger charge is 2.15. The lowest BCUT2D eigenvalue weighted by atomic mass is 10.2. The van der Waals surface area contributed by atoms with Crippen LogP contribution in [-0.4, -0.2) is 23.8 Å². The SMILES string of the molecule is Cl.N=C(c1ccccc1)N1CCCC1. The topological polar surface area (TPSA) is 27.1 Å². The van der Waals surface area contributed by atoms with Crippen LogP contribution >= 0.6 is 12.4 Å². The molecule has 1 heterocycles. The van der Waals surface area contributed by atoms with Gasteiger partial charge in [-0.2, -0.15) is 0 Å². The van der Waals surface area contributed by atoms with Crippen LogP contribution in [0.25, 0.3) is 0 Å². The van der Waals surface area contributed by atoms with Crippen molar-refractivity contribution in [1.29, 1.82) is 5.41 Å². The Morgan fingerprint density at radius 3 is 2.21 bits per heavy atom. The predicted molar refractivity (Wildman–Crippen MR) is 61.3 cm³/mol. The molecule has 0 amide bonds. The normalized spacial score (nSPS) is 15.0. The number of likely N-dealkylation sites (tertiary alicyclic amines) is 1. The highest BCUT2D eigenvalue weighted by Crippen LogP contribution is 2.12. The monoisotopic (exact) mass is 210 g/mol. The van der Waals surface area contributed by atoms with E-state index in [2.05, 4.69) is 4.90 Å². The van der Waals surface area contributed by atoms with E-state index in [1.165, 1.54) is 12.8 Å². The lowest BCUT2D eigenvalue weighted by molar-refractivity contribution is 0.517. The molecule has 2 nitrogen and oxygen atoms in total. The minimum Gasteiger partial charge on any atom is -0.357 e. The van der Waals surface area contributed by atoms with Gasteiger partial charge in [-0.15, -0.1) is 12.4 Å². The van der Waals surface area contributed by atoms with Crippen molar-refractivity contribution in [3.8, 4) is 0 Å². The first kappa shape index (κ1) is 11.1. The number of nitrogens with zero attached hydrogens (tertiary/aromatic N) is 1. The van der Waals surface area contributed by atoms with E-state index in [1.54, 1.807) is 0 Å². The molecule has 0 saturated carbocycles. The van der Waals surface area contributed by atoms with Gasteiger partial charge in [-0.05, 0) is 12.8 Å². The average Bonchev–Trinajstić information content (AvgIpc) is 2.71. The average molecular weight is 211 g/mol. The molecule has 76 valence electrons. The summed E-state index contributed by atoms with van der Waals surface area (Å²) in [5.41, 5.74) is 1.03. The quantitative estimate of drug-likeness (QED) is 0.560. The molecule has 1 saturated heterocycles. The van der Waals surface area contributed by atoms with Crippen molar-refractivity contribution in [2.75, 3.05) is 13.1 Å². The number of nitrogens with one attached hydrogen (secondary N) is 1. The summed E-state index contributed by atoms with van der Waals surface area (Å²) in [6.07, 6.45) is 2.46. The van der Waals surface area contributed by atoms with Gasteiger partial charge in [0.1, 0.15) is 5.84 Å². The van der Waals surface area contributed by atoms with E-state index in [0.717, 1.165) is 18.7 Å². The summed E-state index contributed by atoms with van der Waals surface area (Å²) >= 11 is 0. The smallest absolute Gasteiger partial charge is 0.128 e. The summed E-state index contributed by atoms with van der Waals surface area (Å²) in [6.45, 7) is 2.10. The Hall–Kier alpha value is -1.02. The van der Waals surface area contributed by atoms with E-state index in [9.17, 15) is 0 Å². The molecular formula is C11H15ClN2. The van der Waals surface area contributed by atoms with Gasteiger partial charge in [-0.25, -0.2) is 0 Å². The second-order valence-corrected chi connectivity index (χ2v) is 3.41. The van der Waals surface area contributed by atoms with Gasteiger partial charge in [0.15, 0.2) is 0 Å². The molecule has 2 rings (SSSR count). The van der Waals surface area contributed by atoms with E-state index >= 15 is 0 Å². The third kappa shape index (κ3) is 2.26. The Kier molecular flexibility index (Phi) is 3.96. The summed E-state index contributed by atoms with van der Waals surface area (Å²) in [5.74, 6) is 0.679. The summed E-state index contributed by atoms with van der Waals surface area (Å²) in [7, 11) is 0. The van der Waals surface area contributed by atoms with Crippen LogP contribution in [0, 0.1) is 5.41 Å². The molecule has 0 spiro atoms. The van der Waals surface area contributed by atoms with Crippen LogP contribution in [0.1, 0.15) is 18.4 Å². The zero-order chi connectivity index (χ0) is 9.10. The van der Waals surface area contributed by atoms with E-state index in [1.807, 2.05) is 30.3 Å². The maximum Gasteiger partial charge on any atom is 0.128 e. The number of benzene rings is 1. The van der Waals surface area contributed by atoms with Crippen molar-refractivity contribution >= 4 is 18.2 Å². The largest absolute Gasteiger partial charge is 0.357 e. The molecule has 0 aliphatic carbocycles. The summed E-state index contributed by atoms with van der Waals surface area (Å²) < 4.78 is 0. The predicted octanol–water partition coefficient (Wildman–Crippen LogP) is 2.53. The number of amidine groups is 1. The molecule has 1 aliphatic rings. The van der Waals surface area contributed by atoms with Crippen LogP contribution in [0.2, 0.25) is 0 Å². The van der Waals surface area contributed by atoms with Gasteiger partial charge in [0.2, 0.25) is 0 Å². The van der Waals surface area contributed by atoms with Crippen LogP contribution in [0.4, 0.5) is 0 Å². The molecule has 0 radical (unpaired) electrons. The first-order valence-corrected chi connectivity index (χ1v) is 4.77. The standard InChI is InChI=1S/C11H14N2.ClH/c12-11(13-8-4-5-9-13)10-6-2-1-3-7-10;/h1-3,6-7,12H,4-5,8-9H2;1H. The highest BCUT2D eigenvalue weighted by molar-refractivity contribution is 5.96. The van der Waals surface area contributed by atoms with Gasteiger partial charge in [0.25, 0.3) is 0 Å². The summed E-state index contributed by atoms with van der Waals surface area (Å²) in [5, 5.41) is 7.95. The number of hydrogen-bond donors (Lipinski definition) is 1. The molecule has 0 unspecified atom stereocenters. The van der Waals surface area contributed by atoms with E-state index < -0.39 is 0 Å². The molecule has 0 bridgehead atoms. The first-order valence-electron chi connectivity index (χ1n) is 4.77. The van der Waals surface area contributed by atoms with Crippen molar-refractivity contribution in [1.82, 2.24) is 4.90 Å². The Labute approximate surface area is 90.8 Å². The van der Waals surface area contributed by atoms with Crippen LogP contribution in [0.5, 0.6) is 0 Å². The number of rotatable bonds is 1. The van der Waals surface area contributed by atoms with Gasteiger partial charge < -0.3 is 4.90 Å². The van der Waals surface area contributed by atoms with Gasteiger partial charge in [0.05, 0.1) is 0 Å². The van der Waals surface area contributed by atoms with Crippen molar-refractivity contribution in [3.05, 3.63) is 35.9 Å². The summed E-state index contributed by atoms with van der Waals surface area (Å²) in [4.78, 5) is 2.15. The second kappa shape index (κ2) is 5.01. The molecule has 1 aromatic carbocycles. The minimum absolute atomic E-state index is 0. The van der Waals surface area contributed by atoms with Gasteiger partial charge in [-0.3, -0.25) is 5.41 Å². The molecule has 1 aromatic rings. The second-order valence-electron chi connectivity index (χ2n) is 3.41.